The molecule has 0 unspecified atom stereocenters. The zero-order valence-corrected chi connectivity index (χ0v) is 13.7. The SMILES string of the molecule is CCCNCc1ccc(Oc2ccccc2Cl)cc1Br. The van der Waals surface area contributed by atoms with E-state index in [2.05, 4.69) is 34.2 Å². The highest BCUT2D eigenvalue weighted by Crippen LogP contribution is 2.31. The van der Waals surface area contributed by atoms with Crippen molar-refractivity contribution in [2.24, 2.45) is 0 Å². The van der Waals surface area contributed by atoms with Crippen molar-refractivity contribution in [3.05, 3.63) is 57.5 Å². The molecule has 20 heavy (non-hydrogen) atoms. The highest BCUT2D eigenvalue weighted by Gasteiger charge is 2.05. The Bertz CT molecular complexity index is 574. The summed E-state index contributed by atoms with van der Waals surface area (Å²) in [7, 11) is 0. The maximum Gasteiger partial charge on any atom is 0.146 e. The van der Waals surface area contributed by atoms with Crippen LogP contribution >= 0.6 is 27.5 Å². The minimum Gasteiger partial charge on any atom is -0.456 e. The zero-order valence-electron chi connectivity index (χ0n) is 11.3. The van der Waals surface area contributed by atoms with Gasteiger partial charge in [0.25, 0.3) is 0 Å². The van der Waals surface area contributed by atoms with Crippen molar-refractivity contribution in [1.29, 1.82) is 0 Å². The molecule has 0 amide bonds. The van der Waals surface area contributed by atoms with E-state index in [1.54, 1.807) is 0 Å². The Morgan fingerprint density at radius 2 is 2.00 bits per heavy atom. The summed E-state index contributed by atoms with van der Waals surface area (Å²) < 4.78 is 6.82. The summed E-state index contributed by atoms with van der Waals surface area (Å²) in [6.07, 6.45) is 1.13. The van der Waals surface area contributed by atoms with Crippen LogP contribution in [0.1, 0.15) is 18.9 Å². The molecular formula is C16H17BrClNO. The predicted molar refractivity (Wildman–Crippen MR) is 87.7 cm³/mol. The van der Waals surface area contributed by atoms with E-state index in [9.17, 15) is 0 Å². The third-order valence-corrected chi connectivity index (χ3v) is 3.88. The van der Waals surface area contributed by atoms with Gasteiger partial charge in [-0.25, -0.2) is 0 Å². The second kappa shape index (κ2) is 7.67. The first-order chi connectivity index (χ1) is 9.70. The summed E-state index contributed by atoms with van der Waals surface area (Å²) in [5.74, 6) is 1.43. The van der Waals surface area contributed by atoms with Crippen LogP contribution in [0.25, 0.3) is 0 Å². The first-order valence-electron chi connectivity index (χ1n) is 6.62. The van der Waals surface area contributed by atoms with Gasteiger partial charge in [0.05, 0.1) is 5.02 Å². The lowest BCUT2D eigenvalue weighted by molar-refractivity contribution is 0.482. The molecule has 0 aromatic heterocycles. The third kappa shape index (κ3) is 4.23. The van der Waals surface area contributed by atoms with Gasteiger partial charge in [-0.05, 0) is 42.8 Å². The Kier molecular flexibility index (Phi) is 5.89. The van der Waals surface area contributed by atoms with Crippen molar-refractivity contribution >= 4 is 27.5 Å². The molecule has 0 aliphatic rings. The number of rotatable bonds is 6. The molecule has 2 aromatic rings. The van der Waals surface area contributed by atoms with Gasteiger partial charge < -0.3 is 10.1 Å². The maximum absolute atomic E-state index is 6.08. The normalized spacial score (nSPS) is 10.6. The molecule has 0 bridgehead atoms. The largest absolute Gasteiger partial charge is 0.456 e. The summed E-state index contributed by atoms with van der Waals surface area (Å²) in [5.41, 5.74) is 1.21. The fourth-order valence-corrected chi connectivity index (χ4v) is 2.46. The second-order valence-electron chi connectivity index (χ2n) is 4.46. The van der Waals surface area contributed by atoms with Gasteiger partial charge in [0.15, 0.2) is 0 Å². The lowest BCUT2D eigenvalue weighted by Crippen LogP contribution is -2.14. The summed E-state index contributed by atoms with van der Waals surface area (Å²) >= 11 is 9.66. The predicted octanol–water partition coefficient (Wildman–Crippen LogP) is 5.39. The summed E-state index contributed by atoms with van der Waals surface area (Å²) in [5, 5.41) is 3.99. The summed E-state index contributed by atoms with van der Waals surface area (Å²) in [4.78, 5) is 0. The molecule has 0 saturated heterocycles. The standard InChI is InChI=1S/C16H17BrClNO/c1-2-9-19-11-12-7-8-13(10-14(12)17)20-16-6-4-3-5-15(16)18/h3-8,10,19H,2,9,11H2,1H3. The Morgan fingerprint density at radius 1 is 1.20 bits per heavy atom. The molecule has 0 aliphatic heterocycles. The number of nitrogens with one attached hydrogen (secondary N) is 1. The molecule has 2 aromatic carbocycles. The van der Waals surface area contributed by atoms with Crippen LogP contribution in [0, 0.1) is 0 Å². The molecule has 2 rings (SSSR count). The number of ether oxygens (including phenoxy) is 1. The van der Waals surface area contributed by atoms with Crippen LogP contribution < -0.4 is 10.1 Å². The molecule has 0 aliphatic carbocycles. The molecule has 4 heteroatoms. The van der Waals surface area contributed by atoms with Crippen molar-refractivity contribution < 1.29 is 4.74 Å². The highest BCUT2D eigenvalue weighted by atomic mass is 79.9. The van der Waals surface area contributed by atoms with Crippen molar-refractivity contribution in [2.45, 2.75) is 19.9 Å². The molecule has 0 heterocycles. The lowest BCUT2D eigenvalue weighted by atomic mass is 10.2. The van der Waals surface area contributed by atoms with Gasteiger partial charge in [0, 0.05) is 11.0 Å². The van der Waals surface area contributed by atoms with E-state index in [1.165, 1.54) is 5.56 Å². The van der Waals surface area contributed by atoms with Gasteiger partial charge in [-0.3, -0.25) is 0 Å². The third-order valence-electron chi connectivity index (χ3n) is 2.83. The molecule has 0 atom stereocenters. The molecule has 0 fully saturated rings. The minimum atomic E-state index is 0.609. The Balaban J connectivity index is 2.07. The minimum absolute atomic E-state index is 0.609. The van der Waals surface area contributed by atoms with Crippen LogP contribution in [0.2, 0.25) is 5.02 Å². The topological polar surface area (TPSA) is 21.3 Å². The zero-order chi connectivity index (χ0) is 14.4. The molecule has 2 nitrogen and oxygen atoms in total. The molecular weight excluding hydrogens is 338 g/mol. The number of para-hydroxylation sites is 1. The summed E-state index contributed by atoms with van der Waals surface area (Å²) in [6, 6.07) is 13.4. The quantitative estimate of drug-likeness (QED) is 0.702. The number of benzene rings is 2. The Morgan fingerprint density at radius 3 is 2.70 bits per heavy atom. The van der Waals surface area contributed by atoms with Crippen LogP contribution in [0.15, 0.2) is 46.9 Å². The number of halogens is 2. The van der Waals surface area contributed by atoms with Crippen LogP contribution in [0.3, 0.4) is 0 Å². The molecule has 1 N–H and O–H groups in total. The molecule has 0 radical (unpaired) electrons. The number of hydrogen-bond donors (Lipinski definition) is 1. The van der Waals surface area contributed by atoms with E-state index in [0.717, 1.165) is 29.7 Å². The van der Waals surface area contributed by atoms with Gasteiger partial charge in [0.1, 0.15) is 11.5 Å². The van der Waals surface area contributed by atoms with E-state index < -0.39 is 0 Å². The van der Waals surface area contributed by atoms with Crippen LogP contribution in [-0.4, -0.2) is 6.54 Å². The average molecular weight is 355 g/mol. The van der Waals surface area contributed by atoms with Gasteiger partial charge in [-0.15, -0.1) is 0 Å². The first kappa shape index (κ1) is 15.4. The Hall–Kier alpha value is -1.03. The van der Waals surface area contributed by atoms with Crippen molar-refractivity contribution in [3.8, 4) is 11.5 Å². The Labute approximate surface area is 133 Å². The van der Waals surface area contributed by atoms with Gasteiger partial charge in [-0.2, -0.15) is 0 Å². The van der Waals surface area contributed by atoms with Crippen molar-refractivity contribution in [1.82, 2.24) is 5.32 Å². The van der Waals surface area contributed by atoms with Crippen molar-refractivity contribution in [3.63, 3.8) is 0 Å². The number of hydrogen-bond acceptors (Lipinski definition) is 2. The lowest BCUT2D eigenvalue weighted by Gasteiger charge is -2.10. The summed E-state index contributed by atoms with van der Waals surface area (Å²) in [6.45, 7) is 4.02. The molecule has 0 saturated carbocycles. The maximum atomic E-state index is 6.08. The van der Waals surface area contributed by atoms with Crippen molar-refractivity contribution in [2.75, 3.05) is 6.54 Å². The van der Waals surface area contributed by atoms with Crippen LogP contribution in [0.4, 0.5) is 0 Å². The van der Waals surface area contributed by atoms with E-state index in [4.69, 9.17) is 16.3 Å². The van der Waals surface area contributed by atoms with Crippen LogP contribution in [-0.2, 0) is 6.54 Å². The second-order valence-corrected chi connectivity index (χ2v) is 5.72. The van der Waals surface area contributed by atoms with Gasteiger partial charge >= 0.3 is 0 Å². The fourth-order valence-electron chi connectivity index (χ4n) is 1.79. The van der Waals surface area contributed by atoms with Gasteiger partial charge in [0.2, 0.25) is 0 Å². The van der Waals surface area contributed by atoms with Crippen LogP contribution in [0.5, 0.6) is 11.5 Å². The van der Waals surface area contributed by atoms with Gasteiger partial charge in [-0.1, -0.05) is 52.7 Å². The van der Waals surface area contributed by atoms with E-state index in [-0.39, 0.29) is 0 Å². The molecule has 106 valence electrons. The average Bonchev–Trinajstić information content (AvgIpc) is 2.44. The monoisotopic (exact) mass is 353 g/mol. The smallest absolute Gasteiger partial charge is 0.146 e. The van der Waals surface area contributed by atoms with E-state index >= 15 is 0 Å². The fraction of sp³-hybridized carbons (Fsp3) is 0.250. The van der Waals surface area contributed by atoms with E-state index in [0.29, 0.717) is 10.8 Å². The first-order valence-corrected chi connectivity index (χ1v) is 7.79. The van der Waals surface area contributed by atoms with E-state index in [1.807, 2.05) is 36.4 Å². The molecule has 0 spiro atoms. The highest BCUT2D eigenvalue weighted by molar-refractivity contribution is 9.10.